The fourth-order valence-electron chi connectivity index (χ4n) is 4.66. The van der Waals surface area contributed by atoms with Gasteiger partial charge in [0.2, 0.25) is 0 Å². The first-order chi connectivity index (χ1) is 17.4. The summed E-state index contributed by atoms with van der Waals surface area (Å²) in [6.07, 6.45) is 12.0. The summed E-state index contributed by atoms with van der Waals surface area (Å²) in [4.78, 5) is 12.5. The summed E-state index contributed by atoms with van der Waals surface area (Å²) >= 11 is 0. The molecule has 0 radical (unpaired) electrons. The molecule has 0 saturated heterocycles. The van der Waals surface area contributed by atoms with Gasteiger partial charge in [0.25, 0.3) is 0 Å². The highest BCUT2D eigenvalue weighted by Crippen LogP contribution is 2.39. The van der Waals surface area contributed by atoms with Gasteiger partial charge >= 0.3 is 0 Å². The number of halogens is 2. The zero-order chi connectivity index (χ0) is 25.6. The van der Waals surface area contributed by atoms with Gasteiger partial charge in [0.05, 0.1) is 23.3 Å². The second-order valence-corrected chi connectivity index (χ2v) is 9.21. The number of carbonyl (C=O) groups excluding carboxylic acids is 1. The fraction of sp³-hybridized carbons (Fsp3) is 0.258. The summed E-state index contributed by atoms with van der Waals surface area (Å²) in [5, 5.41) is 18.5. The third-order valence-corrected chi connectivity index (χ3v) is 6.82. The van der Waals surface area contributed by atoms with Crippen molar-refractivity contribution >= 4 is 5.78 Å². The normalized spacial score (nSPS) is 22.8. The number of nitrogens with zero attached hydrogens (tertiary/aromatic N) is 2. The first kappa shape index (κ1) is 25.0. The minimum atomic E-state index is -1.72. The predicted octanol–water partition coefficient (Wildman–Crippen LogP) is 7.36. The van der Waals surface area contributed by atoms with Crippen LogP contribution in [0.15, 0.2) is 96.1 Å². The van der Waals surface area contributed by atoms with E-state index in [0.717, 1.165) is 11.1 Å². The first-order valence-electron chi connectivity index (χ1n) is 12.0. The molecule has 2 aromatic rings. The zero-order valence-electron chi connectivity index (χ0n) is 19.9. The van der Waals surface area contributed by atoms with Crippen LogP contribution in [0.2, 0.25) is 0 Å². The quantitative estimate of drug-likeness (QED) is 0.396. The molecular weight excluding hydrogens is 454 g/mol. The van der Waals surface area contributed by atoms with Crippen molar-refractivity contribution in [2.45, 2.75) is 49.9 Å². The van der Waals surface area contributed by atoms with E-state index in [1.807, 2.05) is 12.1 Å². The zero-order valence-corrected chi connectivity index (χ0v) is 19.9. The van der Waals surface area contributed by atoms with Gasteiger partial charge in [-0.15, -0.1) is 0 Å². The van der Waals surface area contributed by atoms with E-state index in [4.69, 9.17) is 0 Å². The molecule has 3 nitrogen and oxygen atoms in total. The van der Waals surface area contributed by atoms with Crippen molar-refractivity contribution < 1.29 is 13.6 Å². The number of hydrogen-bond donors (Lipinski definition) is 0. The van der Waals surface area contributed by atoms with Gasteiger partial charge in [0.1, 0.15) is 5.78 Å². The number of benzene rings is 2. The summed E-state index contributed by atoms with van der Waals surface area (Å²) in [7, 11) is 0. The van der Waals surface area contributed by atoms with Crippen molar-refractivity contribution in [3.8, 4) is 12.1 Å². The van der Waals surface area contributed by atoms with E-state index in [9.17, 15) is 15.3 Å². The number of Topliss-reactive ketones (excluding diaryl/α,β-unsaturated/α-hetero) is 1. The average molecular weight is 481 g/mol. The summed E-state index contributed by atoms with van der Waals surface area (Å²) in [5.41, 5.74) is -0.279. The van der Waals surface area contributed by atoms with Gasteiger partial charge in [-0.05, 0) is 37.1 Å². The molecule has 2 aliphatic rings. The number of ketones is 1. The van der Waals surface area contributed by atoms with Crippen LogP contribution in [0.3, 0.4) is 0 Å². The molecule has 180 valence electrons. The maximum Gasteiger partial charge on any atom is 0.159 e. The van der Waals surface area contributed by atoms with Crippen molar-refractivity contribution in [1.29, 1.82) is 10.5 Å². The maximum absolute atomic E-state index is 15.5. The van der Waals surface area contributed by atoms with E-state index in [0.29, 0.717) is 47.9 Å². The lowest BCUT2D eigenvalue weighted by atomic mass is 9.83. The van der Waals surface area contributed by atoms with E-state index in [1.54, 1.807) is 72.8 Å². The minimum absolute atomic E-state index is 0.0948. The molecule has 0 spiro atoms. The van der Waals surface area contributed by atoms with Crippen LogP contribution in [0.25, 0.3) is 0 Å². The molecule has 0 N–H and O–H groups in total. The highest BCUT2D eigenvalue weighted by Gasteiger charge is 2.33. The Labute approximate surface area is 210 Å². The van der Waals surface area contributed by atoms with Crippen LogP contribution in [0, 0.1) is 22.7 Å². The molecule has 2 atom stereocenters. The lowest BCUT2D eigenvalue weighted by molar-refractivity contribution is -0.119. The molecule has 2 unspecified atom stereocenters. The van der Waals surface area contributed by atoms with Gasteiger partial charge in [-0.1, -0.05) is 71.8 Å². The molecule has 0 fully saturated rings. The second kappa shape index (κ2) is 10.7. The Bertz CT molecular complexity index is 1270. The Morgan fingerprint density at radius 3 is 1.53 bits per heavy atom. The predicted molar refractivity (Wildman–Crippen MR) is 135 cm³/mol. The van der Waals surface area contributed by atoms with Gasteiger partial charge < -0.3 is 0 Å². The maximum atomic E-state index is 15.5. The van der Waals surface area contributed by atoms with E-state index in [1.165, 1.54) is 12.2 Å². The second-order valence-electron chi connectivity index (χ2n) is 9.21. The Hall–Kier alpha value is -4.09. The lowest BCUT2D eigenvalue weighted by Gasteiger charge is -2.25. The number of alkyl halides is 2. The average Bonchev–Trinajstić information content (AvgIpc) is 2.92. The van der Waals surface area contributed by atoms with Gasteiger partial charge in [0.15, 0.2) is 11.3 Å². The third kappa shape index (κ3) is 5.42. The van der Waals surface area contributed by atoms with Crippen LogP contribution < -0.4 is 0 Å². The van der Waals surface area contributed by atoms with Crippen molar-refractivity contribution in [2.24, 2.45) is 0 Å². The molecule has 2 aliphatic carbocycles. The highest BCUT2D eigenvalue weighted by molar-refractivity contribution is 5.79. The van der Waals surface area contributed by atoms with Crippen molar-refractivity contribution in [3.63, 3.8) is 0 Å². The molecule has 0 amide bonds. The van der Waals surface area contributed by atoms with Gasteiger partial charge in [-0.3, -0.25) is 4.79 Å². The molecule has 0 saturated carbocycles. The van der Waals surface area contributed by atoms with Gasteiger partial charge in [-0.2, -0.15) is 10.5 Å². The molecule has 0 aliphatic heterocycles. The summed E-state index contributed by atoms with van der Waals surface area (Å²) in [6.45, 7) is 0. The minimum Gasteiger partial charge on any atom is -0.300 e. The molecule has 0 aromatic heterocycles. The number of nitriles is 2. The SMILES string of the molecule is N#Cc1ccccc1C1(F)C=CC(CCC(=O)CCC2=CCC(F)(c3ccccc3C#N)C=C2)=CC1. The molecular formula is C31H26F2N2O. The number of rotatable bonds is 8. The van der Waals surface area contributed by atoms with E-state index >= 15 is 8.78 Å². The van der Waals surface area contributed by atoms with E-state index in [-0.39, 0.29) is 18.6 Å². The summed E-state index contributed by atoms with van der Waals surface area (Å²) < 4.78 is 30.9. The van der Waals surface area contributed by atoms with Crippen LogP contribution in [0.1, 0.15) is 60.8 Å². The van der Waals surface area contributed by atoms with Crippen LogP contribution in [0.4, 0.5) is 8.78 Å². The number of carbonyl (C=O) groups is 1. The van der Waals surface area contributed by atoms with Crippen LogP contribution >= 0.6 is 0 Å². The standard InChI is InChI=1S/C31H26F2N2O/c32-30(28-7-3-1-5-25(28)21-34)17-13-23(14-18-30)9-11-27(36)12-10-24-15-19-31(33,20-16-24)29-8-4-2-6-26(29)22-35/h1-8,13-17,19H,9-12,18,20H2. The Balaban J connectivity index is 1.26. The lowest BCUT2D eigenvalue weighted by Crippen LogP contribution is -2.20. The van der Waals surface area contributed by atoms with Crippen molar-refractivity contribution in [1.82, 2.24) is 0 Å². The Morgan fingerprint density at radius 2 is 1.17 bits per heavy atom. The molecule has 0 bridgehead atoms. The molecule has 5 heteroatoms. The van der Waals surface area contributed by atoms with Gasteiger partial charge in [0, 0.05) is 36.8 Å². The van der Waals surface area contributed by atoms with E-state index in [2.05, 4.69) is 0 Å². The molecule has 4 rings (SSSR count). The number of hydrogen-bond acceptors (Lipinski definition) is 3. The third-order valence-electron chi connectivity index (χ3n) is 6.82. The fourth-order valence-corrected chi connectivity index (χ4v) is 4.66. The van der Waals surface area contributed by atoms with Crippen molar-refractivity contribution in [2.75, 3.05) is 0 Å². The molecule has 36 heavy (non-hydrogen) atoms. The van der Waals surface area contributed by atoms with Crippen LogP contribution in [0.5, 0.6) is 0 Å². The molecule has 0 heterocycles. The topological polar surface area (TPSA) is 64.7 Å². The smallest absolute Gasteiger partial charge is 0.159 e. The highest BCUT2D eigenvalue weighted by atomic mass is 19.1. The van der Waals surface area contributed by atoms with Crippen LogP contribution in [-0.4, -0.2) is 5.78 Å². The molecule has 2 aromatic carbocycles. The van der Waals surface area contributed by atoms with Crippen LogP contribution in [-0.2, 0) is 16.1 Å². The monoisotopic (exact) mass is 480 g/mol. The van der Waals surface area contributed by atoms with Gasteiger partial charge in [-0.25, -0.2) is 8.78 Å². The van der Waals surface area contributed by atoms with E-state index < -0.39 is 11.3 Å². The summed E-state index contributed by atoms with van der Waals surface area (Å²) in [6, 6.07) is 17.4. The van der Waals surface area contributed by atoms with Crippen molar-refractivity contribution in [3.05, 3.63) is 118 Å². The summed E-state index contributed by atoms with van der Waals surface area (Å²) in [5.74, 6) is 0.0948. The first-order valence-corrected chi connectivity index (χ1v) is 12.0. The Morgan fingerprint density at radius 1 is 0.750 bits per heavy atom. The largest absolute Gasteiger partial charge is 0.300 e. The number of allylic oxidation sites excluding steroid dienone is 8. The Kier molecular flexibility index (Phi) is 7.41.